The highest BCUT2D eigenvalue weighted by atomic mass is 19.1. The molecule has 7 heteroatoms. The number of carbonyl (C=O) groups is 2. The Morgan fingerprint density at radius 2 is 1.76 bits per heavy atom. The molecular formula is C18H19FN2O4. The van der Waals surface area contributed by atoms with Crippen LogP contribution in [0.4, 0.5) is 4.39 Å². The third-order valence-corrected chi connectivity index (χ3v) is 3.43. The van der Waals surface area contributed by atoms with Crippen molar-refractivity contribution < 1.29 is 23.5 Å². The van der Waals surface area contributed by atoms with Gasteiger partial charge in [0, 0.05) is 12.1 Å². The number of hydrogen-bond acceptors (Lipinski definition) is 4. The van der Waals surface area contributed by atoms with Crippen LogP contribution in [0.5, 0.6) is 11.5 Å². The molecule has 0 saturated heterocycles. The molecule has 0 unspecified atom stereocenters. The maximum absolute atomic E-state index is 13.1. The van der Waals surface area contributed by atoms with Gasteiger partial charge in [-0.3, -0.25) is 9.59 Å². The molecule has 0 saturated carbocycles. The van der Waals surface area contributed by atoms with E-state index in [0.29, 0.717) is 22.6 Å². The number of amides is 2. The molecule has 2 amide bonds. The molecule has 0 heterocycles. The quantitative estimate of drug-likeness (QED) is 0.803. The van der Waals surface area contributed by atoms with E-state index in [1.165, 1.54) is 32.4 Å². The summed E-state index contributed by atoms with van der Waals surface area (Å²) in [5, 5.41) is 5.12. The molecule has 2 rings (SSSR count). The van der Waals surface area contributed by atoms with Crippen LogP contribution in [0.15, 0.2) is 42.5 Å². The predicted octanol–water partition coefficient (Wildman–Crippen LogP) is 1.89. The van der Waals surface area contributed by atoms with Gasteiger partial charge in [0.25, 0.3) is 5.91 Å². The van der Waals surface area contributed by atoms with Crippen molar-refractivity contribution >= 4 is 11.8 Å². The number of nitrogens with one attached hydrogen (secondary N) is 2. The van der Waals surface area contributed by atoms with Crippen LogP contribution < -0.4 is 20.1 Å². The number of carbonyl (C=O) groups excluding carboxylic acids is 2. The molecule has 0 spiro atoms. The fourth-order valence-electron chi connectivity index (χ4n) is 2.15. The van der Waals surface area contributed by atoms with Crippen LogP contribution in [-0.4, -0.2) is 32.6 Å². The molecule has 0 fully saturated rings. The molecule has 2 aromatic rings. The average molecular weight is 346 g/mol. The van der Waals surface area contributed by atoms with Crippen molar-refractivity contribution in [2.45, 2.75) is 6.54 Å². The van der Waals surface area contributed by atoms with E-state index in [-0.39, 0.29) is 24.8 Å². The summed E-state index contributed by atoms with van der Waals surface area (Å²) in [5.41, 5.74) is 0.982. The van der Waals surface area contributed by atoms with Crippen LogP contribution >= 0.6 is 0 Å². The van der Waals surface area contributed by atoms with E-state index < -0.39 is 5.91 Å². The van der Waals surface area contributed by atoms with Crippen LogP contribution in [0.1, 0.15) is 15.9 Å². The molecule has 0 radical (unpaired) electrons. The zero-order chi connectivity index (χ0) is 18.2. The smallest absolute Gasteiger partial charge is 0.251 e. The normalized spacial score (nSPS) is 10.0. The summed E-state index contributed by atoms with van der Waals surface area (Å²) < 4.78 is 23.3. The Bertz CT molecular complexity index is 764. The van der Waals surface area contributed by atoms with Crippen molar-refractivity contribution in [2.24, 2.45) is 0 Å². The molecule has 0 aliphatic carbocycles. The first-order chi connectivity index (χ1) is 12.0. The number of ether oxygens (including phenoxy) is 2. The first-order valence-electron chi connectivity index (χ1n) is 7.55. The third kappa shape index (κ3) is 5.20. The van der Waals surface area contributed by atoms with Gasteiger partial charge in [0.15, 0.2) is 11.5 Å². The van der Waals surface area contributed by atoms with Crippen LogP contribution in [0.3, 0.4) is 0 Å². The first-order valence-corrected chi connectivity index (χ1v) is 7.55. The minimum absolute atomic E-state index is 0.183. The number of halogens is 1. The predicted molar refractivity (Wildman–Crippen MR) is 90.1 cm³/mol. The number of hydrogen-bond donors (Lipinski definition) is 2. The van der Waals surface area contributed by atoms with Crippen molar-refractivity contribution in [3.05, 3.63) is 59.4 Å². The van der Waals surface area contributed by atoms with Crippen LogP contribution in [-0.2, 0) is 11.3 Å². The molecule has 6 nitrogen and oxygen atoms in total. The Hall–Kier alpha value is -3.09. The highest BCUT2D eigenvalue weighted by molar-refractivity contribution is 5.97. The number of benzene rings is 2. The van der Waals surface area contributed by atoms with Crippen LogP contribution in [0.2, 0.25) is 0 Å². The highest BCUT2D eigenvalue weighted by Crippen LogP contribution is 2.27. The second-order valence-corrected chi connectivity index (χ2v) is 5.16. The van der Waals surface area contributed by atoms with Crippen molar-refractivity contribution in [2.75, 3.05) is 20.8 Å². The zero-order valence-corrected chi connectivity index (χ0v) is 14.0. The Labute approximate surface area is 144 Å². The number of methoxy groups -OCH3 is 2. The molecule has 0 aromatic heterocycles. The second-order valence-electron chi connectivity index (χ2n) is 5.16. The summed E-state index contributed by atoms with van der Waals surface area (Å²) >= 11 is 0. The van der Waals surface area contributed by atoms with Crippen LogP contribution in [0, 0.1) is 5.82 Å². The van der Waals surface area contributed by atoms with Crippen molar-refractivity contribution in [1.82, 2.24) is 10.6 Å². The van der Waals surface area contributed by atoms with Gasteiger partial charge in [0.2, 0.25) is 5.91 Å². The fraction of sp³-hybridized carbons (Fsp3) is 0.222. The summed E-state index contributed by atoms with van der Waals surface area (Å²) in [6.45, 7) is -0.00861. The zero-order valence-electron chi connectivity index (χ0n) is 14.0. The SMILES string of the molecule is COc1ccc(C(=O)NCC(=O)NCc2cccc(F)c2)cc1OC. The Kier molecular flexibility index (Phi) is 6.33. The highest BCUT2D eigenvalue weighted by Gasteiger charge is 2.12. The summed E-state index contributed by atoms with van der Waals surface area (Å²) in [7, 11) is 2.97. The molecule has 2 N–H and O–H groups in total. The van der Waals surface area contributed by atoms with E-state index in [1.54, 1.807) is 24.3 Å². The molecular weight excluding hydrogens is 327 g/mol. The van der Waals surface area contributed by atoms with Gasteiger partial charge in [0.05, 0.1) is 20.8 Å². The Balaban J connectivity index is 1.85. The van der Waals surface area contributed by atoms with E-state index in [1.807, 2.05) is 0 Å². The summed E-state index contributed by atoms with van der Waals surface area (Å²) in [4.78, 5) is 23.9. The first kappa shape index (κ1) is 18.3. The van der Waals surface area contributed by atoms with E-state index in [2.05, 4.69) is 10.6 Å². The molecule has 0 aliphatic rings. The molecule has 0 atom stereocenters. The lowest BCUT2D eigenvalue weighted by Gasteiger charge is -2.10. The minimum atomic E-state index is -0.415. The van der Waals surface area contributed by atoms with E-state index >= 15 is 0 Å². The maximum atomic E-state index is 13.1. The van der Waals surface area contributed by atoms with Crippen molar-refractivity contribution in [1.29, 1.82) is 0 Å². The monoisotopic (exact) mass is 346 g/mol. The number of rotatable bonds is 7. The van der Waals surface area contributed by atoms with Gasteiger partial charge in [-0.2, -0.15) is 0 Å². The van der Waals surface area contributed by atoms with E-state index in [9.17, 15) is 14.0 Å². The Morgan fingerprint density at radius 3 is 2.44 bits per heavy atom. The third-order valence-electron chi connectivity index (χ3n) is 3.43. The molecule has 2 aromatic carbocycles. The minimum Gasteiger partial charge on any atom is -0.493 e. The van der Waals surface area contributed by atoms with E-state index in [4.69, 9.17) is 9.47 Å². The van der Waals surface area contributed by atoms with Gasteiger partial charge in [-0.1, -0.05) is 12.1 Å². The summed E-state index contributed by atoms with van der Waals surface area (Å²) in [6, 6.07) is 10.6. The standard InChI is InChI=1S/C18H19FN2O4/c1-24-15-7-6-13(9-16(15)25-2)18(23)21-11-17(22)20-10-12-4-3-5-14(19)8-12/h3-9H,10-11H2,1-2H3,(H,20,22)(H,21,23). The molecule has 132 valence electrons. The fourth-order valence-corrected chi connectivity index (χ4v) is 2.15. The lowest BCUT2D eigenvalue weighted by molar-refractivity contribution is -0.120. The lowest BCUT2D eigenvalue weighted by Crippen LogP contribution is -2.36. The van der Waals surface area contributed by atoms with Gasteiger partial charge >= 0.3 is 0 Å². The van der Waals surface area contributed by atoms with Gasteiger partial charge in [-0.05, 0) is 35.9 Å². The van der Waals surface area contributed by atoms with Gasteiger partial charge in [-0.15, -0.1) is 0 Å². The topological polar surface area (TPSA) is 76.7 Å². The molecule has 25 heavy (non-hydrogen) atoms. The largest absolute Gasteiger partial charge is 0.493 e. The average Bonchev–Trinajstić information content (AvgIpc) is 2.63. The molecule has 0 bridgehead atoms. The lowest BCUT2D eigenvalue weighted by atomic mass is 10.2. The summed E-state index contributed by atoms with van der Waals surface area (Å²) in [6.07, 6.45) is 0. The van der Waals surface area contributed by atoms with E-state index in [0.717, 1.165) is 0 Å². The van der Waals surface area contributed by atoms with Crippen molar-refractivity contribution in [3.8, 4) is 11.5 Å². The van der Waals surface area contributed by atoms with Gasteiger partial charge < -0.3 is 20.1 Å². The maximum Gasteiger partial charge on any atom is 0.251 e. The van der Waals surface area contributed by atoms with Gasteiger partial charge in [-0.25, -0.2) is 4.39 Å². The molecule has 0 aliphatic heterocycles. The van der Waals surface area contributed by atoms with Crippen molar-refractivity contribution in [3.63, 3.8) is 0 Å². The summed E-state index contributed by atoms with van der Waals surface area (Å²) in [5.74, 6) is -0.231. The Morgan fingerprint density at radius 1 is 1.00 bits per heavy atom. The van der Waals surface area contributed by atoms with Crippen LogP contribution in [0.25, 0.3) is 0 Å². The second kappa shape index (κ2) is 8.68. The van der Waals surface area contributed by atoms with Gasteiger partial charge in [0.1, 0.15) is 5.82 Å².